The molecule has 0 radical (unpaired) electrons. The summed E-state index contributed by atoms with van der Waals surface area (Å²) in [6.45, 7) is 1.59. The van der Waals surface area contributed by atoms with Crippen molar-refractivity contribution in [2.45, 2.75) is 19.8 Å². The van der Waals surface area contributed by atoms with E-state index in [1.807, 2.05) is 24.3 Å². The molecule has 0 saturated heterocycles. The van der Waals surface area contributed by atoms with Gasteiger partial charge in [-0.25, -0.2) is 0 Å². The van der Waals surface area contributed by atoms with E-state index in [0.29, 0.717) is 34.4 Å². The zero-order valence-corrected chi connectivity index (χ0v) is 12.5. The maximum atomic E-state index is 11.0. The minimum Gasteiger partial charge on any atom is -0.456 e. The van der Waals surface area contributed by atoms with Crippen molar-refractivity contribution in [3.63, 3.8) is 0 Å². The van der Waals surface area contributed by atoms with E-state index in [0.717, 1.165) is 5.56 Å². The number of benzene rings is 2. The van der Waals surface area contributed by atoms with E-state index in [9.17, 15) is 4.79 Å². The van der Waals surface area contributed by atoms with Crippen LogP contribution in [0.25, 0.3) is 0 Å². The number of rotatable bonds is 5. The van der Waals surface area contributed by atoms with Crippen LogP contribution in [0.15, 0.2) is 42.5 Å². The van der Waals surface area contributed by atoms with E-state index < -0.39 is 0 Å². The Morgan fingerprint density at radius 2 is 1.90 bits per heavy atom. The van der Waals surface area contributed by atoms with Gasteiger partial charge in [-0.3, -0.25) is 0 Å². The molecule has 0 atom stereocenters. The minimum atomic E-state index is 0.175. The third-order valence-electron chi connectivity index (χ3n) is 2.81. The summed E-state index contributed by atoms with van der Waals surface area (Å²) in [6.07, 6.45) is 1.23. The van der Waals surface area contributed by atoms with Crippen LogP contribution in [0.1, 0.15) is 18.9 Å². The van der Waals surface area contributed by atoms with Crippen LogP contribution in [0.3, 0.4) is 0 Å². The van der Waals surface area contributed by atoms with Gasteiger partial charge in [0, 0.05) is 6.42 Å². The lowest BCUT2D eigenvalue weighted by Gasteiger charge is -2.09. The molecule has 0 unspecified atom stereocenters. The van der Waals surface area contributed by atoms with Gasteiger partial charge in [-0.15, -0.1) is 0 Å². The number of hydrogen-bond acceptors (Lipinski definition) is 2. The summed E-state index contributed by atoms with van der Waals surface area (Å²) in [5.74, 6) is 1.37. The monoisotopic (exact) mass is 308 g/mol. The van der Waals surface area contributed by atoms with E-state index in [-0.39, 0.29) is 5.78 Å². The second-order valence-corrected chi connectivity index (χ2v) is 5.29. The smallest absolute Gasteiger partial charge is 0.147 e. The van der Waals surface area contributed by atoms with Crippen LogP contribution >= 0.6 is 23.2 Å². The van der Waals surface area contributed by atoms with Gasteiger partial charge in [0.15, 0.2) is 0 Å². The summed E-state index contributed by atoms with van der Waals surface area (Å²) in [7, 11) is 0. The van der Waals surface area contributed by atoms with Gasteiger partial charge in [0.05, 0.1) is 5.02 Å². The first kappa shape index (κ1) is 14.9. The van der Waals surface area contributed by atoms with Crippen LogP contribution in [0, 0.1) is 0 Å². The number of aryl methyl sites for hydroxylation is 1. The van der Waals surface area contributed by atoms with Gasteiger partial charge in [0.2, 0.25) is 0 Å². The maximum Gasteiger partial charge on any atom is 0.147 e. The first-order valence-corrected chi connectivity index (χ1v) is 7.02. The minimum absolute atomic E-state index is 0.175. The Balaban J connectivity index is 2.15. The molecule has 20 heavy (non-hydrogen) atoms. The van der Waals surface area contributed by atoms with Gasteiger partial charge in [-0.1, -0.05) is 41.4 Å². The average molecular weight is 309 g/mol. The van der Waals surface area contributed by atoms with Crippen molar-refractivity contribution in [1.82, 2.24) is 0 Å². The molecular weight excluding hydrogens is 295 g/mol. The van der Waals surface area contributed by atoms with Crippen molar-refractivity contribution in [1.29, 1.82) is 0 Å². The number of ether oxygens (including phenoxy) is 1. The molecule has 4 heteroatoms. The van der Waals surface area contributed by atoms with Gasteiger partial charge < -0.3 is 9.53 Å². The number of ketones is 1. The summed E-state index contributed by atoms with van der Waals surface area (Å²) in [6, 6.07) is 12.9. The molecule has 2 aromatic rings. The van der Waals surface area contributed by atoms with E-state index >= 15 is 0 Å². The highest BCUT2D eigenvalue weighted by molar-refractivity contribution is 6.42. The molecule has 0 spiro atoms. The van der Waals surface area contributed by atoms with Gasteiger partial charge in [-0.2, -0.15) is 0 Å². The van der Waals surface area contributed by atoms with Crippen molar-refractivity contribution in [2.24, 2.45) is 0 Å². The highest BCUT2D eigenvalue weighted by Gasteiger charge is 2.07. The molecule has 0 aromatic heterocycles. The zero-order valence-electron chi connectivity index (χ0n) is 11.0. The lowest BCUT2D eigenvalue weighted by Crippen LogP contribution is -1.94. The Morgan fingerprint density at radius 1 is 1.15 bits per heavy atom. The second-order valence-electron chi connectivity index (χ2n) is 4.50. The molecule has 104 valence electrons. The molecule has 0 aliphatic carbocycles. The van der Waals surface area contributed by atoms with Gasteiger partial charge in [0.25, 0.3) is 0 Å². The topological polar surface area (TPSA) is 26.3 Å². The van der Waals surface area contributed by atoms with Crippen LogP contribution in [0.5, 0.6) is 11.5 Å². The van der Waals surface area contributed by atoms with Crippen molar-refractivity contribution in [3.05, 3.63) is 58.1 Å². The van der Waals surface area contributed by atoms with Crippen LogP contribution in [0.4, 0.5) is 0 Å². The quantitative estimate of drug-likeness (QED) is 0.748. The Morgan fingerprint density at radius 3 is 2.65 bits per heavy atom. The Bertz CT molecular complexity index is 624. The Labute approximate surface area is 128 Å². The fourth-order valence-corrected chi connectivity index (χ4v) is 2.11. The summed E-state index contributed by atoms with van der Waals surface area (Å²) >= 11 is 12.0. The van der Waals surface area contributed by atoms with Crippen LogP contribution in [0.2, 0.25) is 10.0 Å². The number of hydrogen-bond donors (Lipinski definition) is 0. The van der Waals surface area contributed by atoms with Gasteiger partial charge in [-0.05, 0) is 43.2 Å². The molecule has 0 bridgehead atoms. The summed E-state index contributed by atoms with van der Waals surface area (Å²) in [4.78, 5) is 11.0. The average Bonchev–Trinajstić information content (AvgIpc) is 2.42. The van der Waals surface area contributed by atoms with E-state index in [1.54, 1.807) is 25.1 Å². The highest BCUT2D eigenvalue weighted by atomic mass is 35.5. The van der Waals surface area contributed by atoms with E-state index in [4.69, 9.17) is 27.9 Å². The number of Topliss-reactive ketones (excluding diaryl/α,β-unsaturated/α-hetero) is 1. The van der Waals surface area contributed by atoms with Crippen molar-refractivity contribution < 1.29 is 9.53 Å². The molecule has 0 aliphatic heterocycles. The van der Waals surface area contributed by atoms with Crippen LogP contribution < -0.4 is 4.74 Å². The van der Waals surface area contributed by atoms with Gasteiger partial charge in [0.1, 0.15) is 22.3 Å². The SMILES string of the molecule is CC(=O)CCc1cccc(Oc2cccc(Cl)c2Cl)c1. The zero-order chi connectivity index (χ0) is 14.5. The third kappa shape index (κ3) is 3.99. The van der Waals surface area contributed by atoms with Crippen molar-refractivity contribution in [3.8, 4) is 11.5 Å². The number of halogens is 2. The lowest BCUT2D eigenvalue weighted by atomic mass is 10.1. The van der Waals surface area contributed by atoms with Gasteiger partial charge >= 0.3 is 0 Å². The standard InChI is InChI=1S/C16H14Cl2O2/c1-11(19)8-9-12-4-2-5-13(10-12)20-15-7-3-6-14(17)16(15)18/h2-7,10H,8-9H2,1H3. The van der Waals surface area contributed by atoms with Crippen LogP contribution in [-0.2, 0) is 11.2 Å². The maximum absolute atomic E-state index is 11.0. The normalized spacial score (nSPS) is 10.3. The number of carbonyl (C=O) groups excluding carboxylic acids is 1. The predicted molar refractivity (Wildman–Crippen MR) is 82.0 cm³/mol. The van der Waals surface area contributed by atoms with Crippen molar-refractivity contribution >= 4 is 29.0 Å². The lowest BCUT2D eigenvalue weighted by molar-refractivity contribution is -0.116. The van der Waals surface area contributed by atoms with E-state index in [1.165, 1.54) is 0 Å². The fourth-order valence-electron chi connectivity index (χ4n) is 1.77. The first-order valence-electron chi connectivity index (χ1n) is 6.26. The third-order valence-corrected chi connectivity index (χ3v) is 3.61. The summed E-state index contributed by atoms with van der Waals surface area (Å²) < 4.78 is 5.74. The first-order chi connectivity index (χ1) is 9.56. The predicted octanol–water partition coefficient (Wildman–Crippen LogP) is 5.31. The molecule has 0 fully saturated rings. The molecule has 0 amide bonds. The molecule has 0 heterocycles. The molecule has 0 aliphatic rings. The van der Waals surface area contributed by atoms with Crippen LogP contribution in [-0.4, -0.2) is 5.78 Å². The molecule has 0 N–H and O–H groups in total. The number of carbonyl (C=O) groups is 1. The summed E-state index contributed by atoms with van der Waals surface area (Å²) in [5, 5.41) is 0.847. The second kappa shape index (κ2) is 6.78. The highest BCUT2D eigenvalue weighted by Crippen LogP contribution is 2.34. The molecule has 2 nitrogen and oxygen atoms in total. The molecule has 2 aromatic carbocycles. The van der Waals surface area contributed by atoms with Crippen molar-refractivity contribution in [2.75, 3.05) is 0 Å². The molecule has 2 rings (SSSR count). The Hall–Kier alpha value is -1.51. The summed E-state index contributed by atoms with van der Waals surface area (Å²) in [5.41, 5.74) is 1.05. The van der Waals surface area contributed by atoms with E-state index in [2.05, 4.69) is 0 Å². The molecule has 0 saturated carbocycles. The fraction of sp³-hybridized carbons (Fsp3) is 0.188. The largest absolute Gasteiger partial charge is 0.456 e. The Kier molecular flexibility index (Phi) is 5.05. The molecular formula is C16H14Cl2O2.